The Morgan fingerprint density at radius 1 is 1.10 bits per heavy atom. The fourth-order valence-corrected chi connectivity index (χ4v) is 3.51. The molecule has 1 fully saturated rings. The number of aliphatic imine (C=N–C) groups is 1. The number of nitrogens with zero attached hydrogens (tertiary/aromatic N) is 5. The van der Waals surface area contributed by atoms with Crippen LogP contribution in [0.4, 0.5) is 0 Å². The van der Waals surface area contributed by atoms with Crippen LogP contribution < -0.4 is 19.5 Å². The van der Waals surface area contributed by atoms with Gasteiger partial charge in [-0.3, -0.25) is 9.89 Å². The van der Waals surface area contributed by atoms with Gasteiger partial charge in [0, 0.05) is 46.7 Å². The highest BCUT2D eigenvalue weighted by Crippen LogP contribution is 2.38. The standard InChI is InChI=1S/C20H30N6O4.HI/c1-14-23-18(24-30-14)12-22-20(21-2)26-8-6-25(7-9-26)13-15-10-16(27-3)19(29-5)17(11-15)28-4;/h10-11H,6-9,12-13H2,1-5H3,(H,21,22);1H. The van der Waals surface area contributed by atoms with Gasteiger partial charge in [-0.25, -0.2) is 0 Å². The molecule has 0 unspecified atom stereocenters. The number of guanidine groups is 1. The second kappa shape index (κ2) is 11.9. The number of rotatable bonds is 7. The number of methoxy groups -OCH3 is 3. The van der Waals surface area contributed by atoms with Gasteiger partial charge in [-0.15, -0.1) is 24.0 Å². The van der Waals surface area contributed by atoms with E-state index in [2.05, 4.69) is 30.2 Å². The normalized spacial score (nSPS) is 14.7. The first-order valence-corrected chi connectivity index (χ1v) is 9.84. The first kappa shape index (κ1) is 25.0. The first-order valence-electron chi connectivity index (χ1n) is 9.84. The Labute approximate surface area is 199 Å². The summed E-state index contributed by atoms with van der Waals surface area (Å²) < 4.78 is 21.3. The zero-order valence-corrected chi connectivity index (χ0v) is 21.0. The van der Waals surface area contributed by atoms with Gasteiger partial charge in [0.15, 0.2) is 23.3 Å². The Balaban J connectivity index is 0.00000341. The zero-order chi connectivity index (χ0) is 21.5. The highest BCUT2D eigenvalue weighted by atomic mass is 127. The Morgan fingerprint density at radius 3 is 2.23 bits per heavy atom. The lowest BCUT2D eigenvalue weighted by atomic mass is 10.1. The van der Waals surface area contributed by atoms with Crippen molar-refractivity contribution in [1.82, 2.24) is 25.3 Å². The third-order valence-corrected chi connectivity index (χ3v) is 4.99. The zero-order valence-electron chi connectivity index (χ0n) is 18.7. The third-order valence-electron chi connectivity index (χ3n) is 4.99. The van der Waals surface area contributed by atoms with E-state index in [9.17, 15) is 0 Å². The molecule has 0 aliphatic carbocycles. The van der Waals surface area contributed by atoms with E-state index in [1.54, 1.807) is 35.3 Å². The number of benzene rings is 1. The highest BCUT2D eigenvalue weighted by molar-refractivity contribution is 14.0. The lowest BCUT2D eigenvalue weighted by Crippen LogP contribution is -2.52. The fraction of sp³-hybridized carbons (Fsp3) is 0.550. The van der Waals surface area contributed by atoms with Gasteiger partial charge in [0.1, 0.15) is 0 Å². The third kappa shape index (κ3) is 6.35. The van der Waals surface area contributed by atoms with Gasteiger partial charge < -0.3 is 29.0 Å². The monoisotopic (exact) mass is 546 g/mol. The summed E-state index contributed by atoms with van der Waals surface area (Å²) in [6, 6.07) is 4.00. The van der Waals surface area contributed by atoms with Crippen molar-refractivity contribution in [2.45, 2.75) is 20.0 Å². The van der Waals surface area contributed by atoms with Crippen molar-refractivity contribution in [2.75, 3.05) is 54.6 Å². The van der Waals surface area contributed by atoms with Crippen molar-refractivity contribution in [2.24, 2.45) is 4.99 Å². The summed E-state index contributed by atoms with van der Waals surface area (Å²) in [7, 11) is 6.66. The molecule has 1 saturated heterocycles. The van der Waals surface area contributed by atoms with Crippen LogP contribution in [0.5, 0.6) is 17.2 Å². The maximum absolute atomic E-state index is 5.46. The lowest BCUT2D eigenvalue weighted by molar-refractivity contribution is 0.172. The molecule has 1 N–H and O–H groups in total. The van der Waals surface area contributed by atoms with Crippen LogP contribution in [0.1, 0.15) is 17.3 Å². The van der Waals surface area contributed by atoms with Gasteiger partial charge in [0.2, 0.25) is 11.6 Å². The topological polar surface area (TPSA) is 97.5 Å². The van der Waals surface area contributed by atoms with E-state index in [1.165, 1.54) is 0 Å². The second-order valence-electron chi connectivity index (χ2n) is 6.93. The number of aryl methyl sites for hydroxylation is 1. The van der Waals surface area contributed by atoms with Gasteiger partial charge in [-0.1, -0.05) is 5.16 Å². The molecule has 3 rings (SSSR count). The van der Waals surface area contributed by atoms with Crippen LogP contribution in [0.15, 0.2) is 21.6 Å². The fourth-order valence-electron chi connectivity index (χ4n) is 3.51. The summed E-state index contributed by atoms with van der Waals surface area (Å²) in [5.41, 5.74) is 1.12. The summed E-state index contributed by atoms with van der Waals surface area (Å²) >= 11 is 0. The molecule has 0 atom stereocenters. The van der Waals surface area contributed by atoms with Crippen LogP contribution in [-0.4, -0.2) is 80.5 Å². The van der Waals surface area contributed by atoms with Crippen molar-refractivity contribution in [3.05, 3.63) is 29.4 Å². The number of hydrogen-bond acceptors (Lipinski definition) is 8. The number of nitrogens with one attached hydrogen (secondary N) is 1. The molecule has 0 spiro atoms. The maximum Gasteiger partial charge on any atom is 0.223 e. The van der Waals surface area contributed by atoms with Crippen LogP contribution in [0.2, 0.25) is 0 Å². The molecule has 172 valence electrons. The molecule has 10 nitrogen and oxygen atoms in total. The SMILES string of the molecule is CN=C(NCc1noc(C)n1)N1CCN(Cc2cc(OC)c(OC)c(OC)c2)CC1.I. The summed E-state index contributed by atoms with van der Waals surface area (Å²) in [5.74, 6) is 3.97. The van der Waals surface area contributed by atoms with Gasteiger partial charge in [0.05, 0.1) is 27.9 Å². The minimum atomic E-state index is 0. The molecule has 11 heteroatoms. The van der Waals surface area contributed by atoms with Gasteiger partial charge in [-0.2, -0.15) is 4.98 Å². The quantitative estimate of drug-likeness (QED) is 0.318. The van der Waals surface area contributed by atoms with E-state index in [-0.39, 0.29) is 24.0 Å². The van der Waals surface area contributed by atoms with E-state index in [0.29, 0.717) is 35.5 Å². The van der Waals surface area contributed by atoms with Crippen molar-refractivity contribution in [3.8, 4) is 17.2 Å². The van der Waals surface area contributed by atoms with Crippen molar-refractivity contribution in [1.29, 1.82) is 0 Å². The number of halogens is 1. The molecule has 1 aliphatic heterocycles. The van der Waals surface area contributed by atoms with Crippen LogP contribution in [0.25, 0.3) is 0 Å². The predicted molar refractivity (Wildman–Crippen MR) is 128 cm³/mol. The molecular formula is C20H31IN6O4. The molecule has 0 bridgehead atoms. The van der Waals surface area contributed by atoms with E-state index >= 15 is 0 Å². The predicted octanol–water partition coefficient (Wildman–Crippen LogP) is 1.92. The van der Waals surface area contributed by atoms with Crippen molar-refractivity contribution in [3.63, 3.8) is 0 Å². The molecular weight excluding hydrogens is 515 g/mol. The largest absolute Gasteiger partial charge is 0.493 e. The van der Waals surface area contributed by atoms with E-state index in [4.69, 9.17) is 18.7 Å². The number of hydrogen-bond donors (Lipinski definition) is 1. The van der Waals surface area contributed by atoms with E-state index in [0.717, 1.165) is 44.2 Å². The molecule has 2 aromatic rings. The summed E-state index contributed by atoms with van der Waals surface area (Å²) in [4.78, 5) is 13.2. The average Bonchev–Trinajstić information content (AvgIpc) is 3.19. The number of ether oxygens (including phenoxy) is 3. The summed E-state index contributed by atoms with van der Waals surface area (Å²) in [6.07, 6.45) is 0. The molecule has 1 aromatic heterocycles. The molecule has 1 aliphatic rings. The van der Waals surface area contributed by atoms with Crippen molar-refractivity contribution >= 4 is 29.9 Å². The molecule has 2 heterocycles. The minimum Gasteiger partial charge on any atom is -0.493 e. The maximum atomic E-state index is 5.46. The number of piperazine rings is 1. The Bertz CT molecular complexity index is 842. The molecule has 31 heavy (non-hydrogen) atoms. The Hall–Kier alpha value is -2.28. The molecule has 0 amide bonds. The molecule has 1 aromatic carbocycles. The Kier molecular flexibility index (Phi) is 9.62. The van der Waals surface area contributed by atoms with Crippen molar-refractivity contribution < 1.29 is 18.7 Å². The van der Waals surface area contributed by atoms with Gasteiger partial charge >= 0.3 is 0 Å². The van der Waals surface area contributed by atoms with Gasteiger partial charge in [-0.05, 0) is 17.7 Å². The minimum absolute atomic E-state index is 0. The second-order valence-corrected chi connectivity index (χ2v) is 6.93. The van der Waals surface area contributed by atoms with E-state index < -0.39 is 0 Å². The average molecular weight is 546 g/mol. The lowest BCUT2D eigenvalue weighted by Gasteiger charge is -2.36. The smallest absolute Gasteiger partial charge is 0.223 e. The van der Waals surface area contributed by atoms with Crippen LogP contribution in [0.3, 0.4) is 0 Å². The Morgan fingerprint density at radius 2 is 1.74 bits per heavy atom. The van der Waals surface area contributed by atoms with Gasteiger partial charge in [0.25, 0.3) is 0 Å². The summed E-state index contributed by atoms with van der Waals surface area (Å²) in [5, 5.41) is 7.21. The molecule has 0 saturated carbocycles. The van der Waals surface area contributed by atoms with Crippen LogP contribution in [0, 0.1) is 6.92 Å². The van der Waals surface area contributed by atoms with Crippen LogP contribution >= 0.6 is 24.0 Å². The van der Waals surface area contributed by atoms with E-state index in [1.807, 2.05) is 12.1 Å². The summed E-state index contributed by atoms with van der Waals surface area (Å²) in [6.45, 7) is 6.63. The molecule has 0 radical (unpaired) electrons. The van der Waals surface area contributed by atoms with Crippen LogP contribution in [-0.2, 0) is 13.1 Å². The highest BCUT2D eigenvalue weighted by Gasteiger charge is 2.21. The number of aromatic nitrogens is 2. The first-order chi connectivity index (χ1) is 14.6.